The van der Waals surface area contributed by atoms with Gasteiger partial charge in [-0.1, -0.05) is 0 Å². The fraction of sp³-hybridized carbons (Fsp3) is 0.333. The molecule has 3 aromatic rings. The number of carbonyl (C=O) groups excluding carboxylic acids is 1. The van der Waals surface area contributed by atoms with E-state index in [1.165, 1.54) is 12.1 Å². The maximum Gasteiger partial charge on any atom is 0.250 e. The minimum Gasteiger partial charge on any atom is -0.369 e. The van der Waals surface area contributed by atoms with E-state index < -0.39 is 11.6 Å². The van der Waals surface area contributed by atoms with Crippen LogP contribution in [-0.2, 0) is 0 Å². The Bertz CT molecular complexity index is 1010. The Morgan fingerprint density at radius 3 is 2.37 bits per heavy atom. The highest BCUT2D eigenvalue weighted by molar-refractivity contribution is 5.97. The van der Waals surface area contributed by atoms with Crippen molar-refractivity contribution in [1.29, 1.82) is 0 Å². The molecule has 0 aliphatic carbocycles. The van der Waals surface area contributed by atoms with Crippen molar-refractivity contribution in [2.45, 2.75) is 13.3 Å². The molecule has 1 aromatic carbocycles. The summed E-state index contributed by atoms with van der Waals surface area (Å²) in [6.07, 6.45) is 5.19. The Hall–Kier alpha value is -3.20. The molecule has 1 fully saturated rings. The van der Waals surface area contributed by atoms with Crippen LogP contribution in [0.25, 0.3) is 5.95 Å². The largest absolute Gasteiger partial charge is 0.369 e. The lowest BCUT2D eigenvalue weighted by Crippen LogP contribution is -2.47. The molecule has 3 heterocycles. The van der Waals surface area contributed by atoms with E-state index in [1.54, 1.807) is 29.3 Å². The van der Waals surface area contributed by atoms with Crippen LogP contribution in [0, 0.1) is 18.6 Å². The van der Waals surface area contributed by atoms with E-state index in [0.717, 1.165) is 19.2 Å². The summed E-state index contributed by atoms with van der Waals surface area (Å²) in [4.78, 5) is 25.2. The third kappa shape index (κ3) is 4.35. The molecule has 7 nitrogen and oxygen atoms in total. The number of piperazine rings is 1. The molecular weight excluding hydrogens is 390 g/mol. The van der Waals surface area contributed by atoms with Crippen molar-refractivity contribution in [1.82, 2.24) is 24.6 Å². The van der Waals surface area contributed by atoms with Crippen LogP contribution in [0.4, 0.5) is 14.5 Å². The van der Waals surface area contributed by atoms with Crippen LogP contribution in [0.3, 0.4) is 0 Å². The summed E-state index contributed by atoms with van der Waals surface area (Å²) in [5.74, 6) is -0.701. The van der Waals surface area contributed by atoms with Gasteiger partial charge in [-0.3, -0.25) is 9.69 Å². The molecule has 0 unspecified atom stereocenters. The van der Waals surface area contributed by atoms with Gasteiger partial charge in [0.25, 0.3) is 5.95 Å². The van der Waals surface area contributed by atoms with Gasteiger partial charge in [-0.2, -0.15) is 5.10 Å². The van der Waals surface area contributed by atoms with Gasteiger partial charge in [-0.15, -0.1) is 0 Å². The minimum absolute atomic E-state index is 0.0179. The standard InChI is InChI=1S/C21H22F2N6O/c1-15-19(14-26-29(15)21-24-4-2-5-25-21)20(30)3-6-27-7-9-28(10-8-27)18-12-16(22)11-17(23)13-18/h2,4-5,11-14H,3,6-10H2,1H3. The van der Waals surface area contributed by atoms with E-state index in [-0.39, 0.29) is 5.78 Å². The summed E-state index contributed by atoms with van der Waals surface area (Å²) in [7, 11) is 0. The molecule has 0 amide bonds. The van der Waals surface area contributed by atoms with Gasteiger partial charge in [-0.25, -0.2) is 23.4 Å². The summed E-state index contributed by atoms with van der Waals surface area (Å²) < 4.78 is 28.4. The molecule has 0 saturated carbocycles. The van der Waals surface area contributed by atoms with Crippen molar-refractivity contribution in [2.24, 2.45) is 0 Å². The molecule has 4 rings (SSSR count). The number of ketones is 1. The summed E-state index contributed by atoms with van der Waals surface area (Å²) in [5, 5.41) is 4.25. The number of hydrogen-bond acceptors (Lipinski definition) is 6. The number of aromatic nitrogens is 4. The molecule has 1 aliphatic rings. The molecule has 0 atom stereocenters. The average molecular weight is 412 g/mol. The van der Waals surface area contributed by atoms with Crippen LogP contribution in [0.1, 0.15) is 22.5 Å². The number of nitrogens with zero attached hydrogens (tertiary/aromatic N) is 6. The third-order valence-corrected chi connectivity index (χ3v) is 5.29. The zero-order valence-corrected chi connectivity index (χ0v) is 16.6. The lowest BCUT2D eigenvalue weighted by atomic mass is 10.1. The first-order valence-electron chi connectivity index (χ1n) is 9.80. The summed E-state index contributed by atoms with van der Waals surface area (Å²) in [5.41, 5.74) is 1.83. The average Bonchev–Trinajstić information content (AvgIpc) is 3.14. The first kappa shape index (κ1) is 20.1. The molecule has 9 heteroatoms. The molecule has 30 heavy (non-hydrogen) atoms. The SMILES string of the molecule is Cc1c(C(=O)CCN2CCN(c3cc(F)cc(F)c3)CC2)cnn1-c1ncccn1. The first-order valence-corrected chi connectivity index (χ1v) is 9.80. The van der Waals surface area contributed by atoms with Crippen LogP contribution in [0.5, 0.6) is 0 Å². The maximum atomic E-state index is 13.4. The first-order chi connectivity index (χ1) is 14.5. The number of Topliss-reactive ketones (excluding diaryl/α,β-unsaturated/α-hetero) is 1. The predicted molar refractivity (Wildman–Crippen MR) is 108 cm³/mol. The summed E-state index contributed by atoms with van der Waals surface area (Å²) in [6.45, 7) is 5.20. The fourth-order valence-corrected chi connectivity index (χ4v) is 3.63. The second kappa shape index (κ2) is 8.66. The van der Waals surface area contributed by atoms with Gasteiger partial charge in [0.05, 0.1) is 17.5 Å². The number of rotatable bonds is 6. The molecule has 1 saturated heterocycles. The van der Waals surface area contributed by atoms with Crippen LogP contribution in [-0.4, -0.2) is 63.2 Å². The summed E-state index contributed by atoms with van der Waals surface area (Å²) in [6, 6.07) is 5.29. The zero-order chi connectivity index (χ0) is 21.1. The predicted octanol–water partition coefficient (Wildman–Crippen LogP) is 2.64. The van der Waals surface area contributed by atoms with Gasteiger partial charge in [0, 0.05) is 63.3 Å². The molecule has 156 valence electrons. The van der Waals surface area contributed by atoms with E-state index in [1.807, 2.05) is 11.8 Å². The van der Waals surface area contributed by atoms with Gasteiger partial charge in [0.2, 0.25) is 0 Å². The molecule has 0 bridgehead atoms. The van der Waals surface area contributed by atoms with Gasteiger partial charge >= 0.3 is 0 Å². The van der Waals surface area contributed by atoms with Crippen molar-refractivity contribution >= 4 is 11.5 Å². The monoisotopic (exact) mass is 412 g/mol. The Morgan fingerprint density at radius 1 is 1.03 bits per heavy atom. The van der Waals surface area contributed by atoms with Crippen LogP contribution >= 0.6 is 0 Å². The second-order valence-electron chi connectivity index (χ2n) is 7.23. The number of benzene rings is 1. The van der Waals surface area contributed by atoms with Crippen molar-refractivity contribution in [3.63, 3.8) is 0 Å². The van der Waals surface area contributed by atoms with E-state index in [4.69, 9.17) is 0 Å². The molecule has 2 aromatic heterocycles. The quantitative estimate of drug-likeness (QED) is 0.580. The number of anilines is 1. The van der Waals surface area contributed by atoms with Gasteiger partial charge < -0.3 is 4.90 Å². The molecule has 0 radical (unpaired) electrons. The highest BCUT2D eigenvalue weighted by Crippen LogP contribution is 2.20. The number of halogens is 2. The fourth-order valence-electron chi connectivity index (χ4n) is 3.63. The molecule has 0 N–H and O–H groups in total. The van der Waals surface area contributed by atoms with E-state index >= 15 is 0 Å². The highest BCUT2D eigenvalue weighted by Gasteiger charge is 2.21. The van der Waals surface area contributed by atoms with Crippen molar-refractivity contribution < 1.29 is 13.6 Å². The Morgan fingerprint density at radius 2 is 1.70 bits per heavy atom. The van der Waals surface area contributed by atoms with Crippen molar-refractivity contribution in [3.8, 4) is 5.95 Å². The number of carbonyl (C=O) groups is 1. The third-order valence-electron chi connectivity index (χ3n) is 5.29. The smallest absolute Gasteiger partial charge is 0.250 e. The van der Waals surface area contributed by atoms with Gasteiger partial charge in [0.15, 0.2) is 5.78 Å². The molecular formula is C21H22F2N6O. The molecule has 0 spiro atoms. The molecule has 1 aliphatic heterocycles. The highest BCUT2D eigenvalue weighted by atomic mass is 19.1. The lowest BCUT2D eigenvalue weighted by molar-refractivity contribution is 0.0962. The van der Waals surface area contributed by atoms with Crippen LogP contribution < -0.4 is 4.90 Å². The Labute approximate surface area is 173 Å². The van der Waals surface area contributed by atoms with E-state index in [2.05, 4.69) is 20.0 Å². The van der Waals surface area contributed by atoms with E-state index in [0.29, 0.717) is 48.9 Å². The van der Waals surface area contributed by atoms with Gasteiger partial charge in [0.1, 0.15) is 11.6 Å². The summed E-state index contributed by atoms with van der Waals surface area (Å²) >= 11 is 0. The van der Waals surface area contributed by atoms with Crippen molar-refractivity contribution in [2.75, 3.05) is 37.6 Å². The van der Waals surface area contributed by atoms with Crippen LogP contribution in [0.15, 0.2) is 42.9 Å². The minimum atomic E-state index is -0.574. The normalized spacial score (nSPS) is 14.8. The second-order valence-corrected chi connectivity index (χ2v) is 7.23. The topological polar surface area (TPSA) is 67.2 Å². The Balaban J connectivity index is 1.32. The maximum absolute atomic E-state index is 13.4. The van der Waals surface area contributed by atoms with Crippen molar-refractivity contribution in [3.05, 3.63) is 65.7 Å². The van der Waals surface area contributed by atoms with Crippen LogP contribution in [0.2, 0.25) is 0 Å². The Kier molecular flexibility index (Phi) is 5.80. The lowest BCUT2D eigenvalue weighted by Gasteiger charge is -2.36. The van der Waals surface area contributed by atoms with E-state index in [9.17, 15) is 13.6 Å². The number of hydrogen-bond donors (Lipinski definition) is 0. The zero-order valence-electron chi connectivity index (χ0n) is 16.6. The van der Waals surface area contributed by atoms with Gasteiger partial charge in [-0.05, 0) is 25.1 Å².